The molecule has 0 atom stereocenters. The first-order valence-electron chi connectivity index (χ1n) is 9.44. The molecule has 6 aromatic rings. The summed E-state index contributed by atoms with van der Waals surface area (Å²) in [5.41, 5.74) is 1.63. The number of tetrazole rings is 1. The maximum absolute atomic E-state index is 5.40. The van der Waals surface area contributed by atoms with Crippen molar-refractivity contribution in [2.24, 2.45) is 0 Å². The molecule has 0 radical (unpaired) electrons. The number of aromatic amines is 2. The second kappa shape index (κ2) is 8.09. The van der Waals surface area contributed by atoms with Crippen molar-refractivity contribution < 1.29 is 9.05 Å². The van der Waals surface area contributed by atoms with Crippen LogP contribution >= 0.6 is 23.1 Å². The van der Waals surface area contributed by atoms with Crippen molar-refractivity contribution in [2.75, 3.05) is 10.0 Å². The van der Waals surface area contributed by atoms with Crippen LogP contribution in [0.2, 0.25) is 0 Å². The SMILES string of the molecule is c1n[nH]nc1C1=C(c2nn[nH]n2)C(c2nnno2)=C(c2nnns2)N(c2conn2)N1c1csnn1. The van der Waals surface area contributed by atoms with Gasteiger partial charge in [-0.3, -0.25) is 0 Å². The summed E-state index contributed by atoms with van der Waals surface area (Å²) in [7, 11) is 0. The van der Waals surface area contributed by atoms with E-state index in [2.05, 4.69) is 86.4 Å². The first-order chi connectivity index (χ1) is 17.9. The minimum absolute atomic E-state index is 0.0153. The van der Waals surface area contributed by atoms with Gasteiger partial charge in [0.25, 0.3) is 5.89 Å². The predicted molar refractivity (Wildman–Crippen MR) is 113 cm³/mol. The Kier molecular flexibility index (Phi) is 4.49. The van der Waals surface area contributed by atoms with Gasteiger partial charge in [0.1, 0.15) is 17.1 Å². The third-order valence-electron chi connectivity index (χ3n) is 4.72. The number of H-pyrrole nitrogens is 2. The molecule has 23 heteroatoms. The average molecular weight is 523 g/mol. The number of nitrogens with one attached hydrogen (secondary N) is 2. The monoisotopic (exact) mass is 523 g/mol. The van der Waals surface area contributed by atoms with E-state index in [0.29, 0.717) is 33.5 Å². The van der Waals surface area contributed by atoms with E-state index in [0.717, 1.165) is 23.1 Å². The predicted octanol–water partition coefficient (Wildman–Crippen LogP) is -1.04. The summed E-state index contributed by atoms with van der Waals surface area (Å²) < 4.78 is 18.4. The molecule has 0 aromatic carbocycles. The van der Waals surface area contributed by atoms with E-state index in [-0.39, 0.29) is 23.1 Å². The lowest BCUT2D eigenvalue weighted by atomic mass is 9.96. The van der Waals surface area contributed by atoms with Crippen LogP contribution in [0.1, 0.15) is 22.4 Å². The zero-order chi connectivity index (χ0) is 23.9. The highest BCUT2D eigenvalue weighted by Crippen LogP contribution is 2.49. The smallest absolute Gasteiger partial charge is 0.281 e. The lowest BCUT2D eigenvalue weighted by Crippen LogP contribution is -2.44. The minimum Gasteiger partial charge on any atom is -0.343 e. The van der Waals surface area contributed by atoms with Gasteiger partial charge >= 0.3 is 0 Å². The molecule has 176 valence electrons. The quantitative estimate of drug-likeness (QED) is 0.264. The molecule has 0 bridgehead atoms. The van der Waals surface area contributed by atoms with Crippen LogP contribution in [0.4, 0.5) is 11.6 Å². The highest BCUT2D eigenvalue weighted by atomic mass is 32.1. The Bertz CT molecular complexity index is 1500. The molecule has 1 aliphatic rings. The largest absolute Gasteiger partial charge is 0.343 e. The molecule has 0 aliphatic carbocycles. The third kappa shape index (κ3) is 3.03. The van der Waals surface area contributed by atoms with Gasteiger partial charge in [-0.2, -0.15) is 20.6 Å². The van der Waals surface area contributed by atoms with Crippen molar-refractivity contribution in [1.29, 1.82) is 0 Å². The van der Waals surface area contributed by atoms with E-state index in [4.69, 9.17) is 9.05 Å². The number of hydrazine groups is 1. The van der Waals surface area contributed by atoms with Crippen molar-refractivity contribution in [3.8, 4) is 0 Å². The van der Waals surface area contributed by atoms with Gasteiger partial charge in [-0.1, -0.05) is 19.2 Å². The molecule has 6 aromatic heterocycles. The third-order valence-corrected chi connectivity index (χ3v) is 5.81. The van der Waals surface area contributed by atoms with E-state index in [1.807, 2.05) is 0 Å². The maximum atomic E-state index is 5.40. The molecule has 7 rings (SSSR count). The van der Waals surface area contributed by atoms with Gasteiger partial charge < -0.3 is 9.05 Å². The van der Waals surface area contributed by atoms with Crippen LogP contribution in [0.5, 0.6) is 0 Å². The van der Waals surface area contributed by atoms with Crippen LogP contribution in [-0.2, 0) is 0 Å². The summed E-state index contributed by atoms with van der Waals surface area (Å²) in [6.45, 7) is 0. The standard InChI is InChI=1S/C13H5N19O2S2/c1-4(15-22-14-1)9-7(11-18-23-24-19-11)8(12-20-25-28-34-12)10(13-21-26-30-36-13)31(5-2-33-27-16-5)32(9)6-3-35-29-17-6/h1-3H,(H,14,15,22)(H,18,19,23,24). The number of anilines is 2. The normalized spacial score (nSPS) is 14.3. The Morgan fingerprint density at radius 2 is 1.81 bits per heavy atom. The Morgan fingerprint density at radius 1 is 0.833 bits per heavy atom. The van der Waals surface area contributed by atoms with Gasteiger partial charge in [0.15, 0.2) is 17.1 Å². The summed E-state index contributed by atoms with van der Waals surface area (Å²) in [6, 6.07) is 0. The van der Waals surface area contributed by atoms with Gasteiger partial charge in [0.2, 0.25) is 11.6 Å². The van der Waals surface area contributed by atoms with E-state index in [9.17, 15) is 0 Å². The Hall–Kier alpha value is -5.45. The average Bonchev–Trinajstić information content (AvgIpc) is 3.78. The maximum Gasteiger partial charge on any atom is 0.281 e. The highest BCUT2D eigenvalue weighted by Gasteiger charge is 2.44. The van der Waals surface area contributed by atoms with Gasteiger partial charge in [-0.15, -0.1) is 20.4 Å². The minimum atomic E-state index is -0.0153. The van der Waals surface area contributed by atoms with Crippen molar-refractivity contribution in [3.05, 3.63) is 40.3 Å². The topological polar surface area (TPSA) is 258 Å². The zero-order valence-electron chi connectivity index (χ0n) is 17.0. The van der Waals surface area contributed by atoms with Crippen LogP contribution < -0.4 is 10.0 Å². The zero-order valence-corrected chi connectivity index (χ0v) is 18.6. The second-order valence-electron chi connectivity index (χ2n) is 6.52. The van der Waals surface area contributed by atoms with Crippen LogP contribution in [0.3, 0.4) is 0 Å². The molecule has 0 spiro atoms. The van der Waals surface area contributed by atoms with Crippen molar-refractivity contribution in [3.63, 3.8) is 0 Å². The Balaban J connectivity index is 1.68. The van der Waals surface area contributed by atoms with E-state index in [1.165, 1.54) is 12.5 Å². The molecule has 0 amide bonds. The van der Waals surface area contributed by atoms with Crippen molar-refractivity contribution in [1.82, 2.24) is 86.4 Å². The molecule has 7 heterocycles. The molecule has 1 aliphatic heterocycles. The summed E-state index contributed by atoms with van der Waals surface area (Å²) >= 11 is 2.10. The van der Waals surface area contributed by atoms with Gasteiger partial charge in [0.05, 0.1) is 28.0 Å². The highest BCUT2D eigenvalue weighted by molar-refractivity contribution is 7.06. The van der Waals surface area contributed by atoms with Crippen LogP contribution in [0, 0.1) is 0 Å². The van der Waals surface area contributed by atoms with Crippen molar-refractivity contribution in [2.45, 2.75) is 0 Å². The summed E-state index contributed by atoms with van der Waals surface area (Å²) in [5, 5.41) is 61.7. The molecule has 0 saturated heterocycles. The molecule has 0 unspecified atom stereocenters. The van der Waals surface area contributed by atoms with Crippen LogP contribution in [-0.4, -0.2) is 86.4 Å². The van der Waals surface area contributed by atoms with E-state index < -0.39 is 0 Å². The molecular weight excluding hydrogens is 518 g/mol. The van der Waals surface area contributed by atoms with Gasteiger partial charge in [-0.05, 0) is 27.2 Å². The number of hydrogen-bond acceptors (Lipinski definition) is 21. The fourth-order valence-electron chi connectivity index (χ4n) is 3.48. The molecule has 2 N–H and O–H groups in total. The molecule has 0 fully saturated rings. The molecule has 0 saturated carbocycles. The van der Waals surface area contributed by atoms with Crippen molar-refractivity contribution >= 4 is 57.2 Å². The summed E-state index contributed by atoms with van der Waals surface area (Å²) in [6.07, 6.45) is 2.80. The summed E-state index contributed by atoms with van der Waals surface area (Å²) in [5.74, 6) is 0.701. The fraction of sp³-hybridized carbons (Fsp3) is 0. The number of allylic oxidation sites excluding steroid dienone is 2. The second-order valence-corrected chi connectivity index (χ2v) is 7.87. The van der Waals surface area contributed by atoms with Gasteiger partial charge in [-0.25, -0.2) is 10.0 Å². The van der Waals surface area contributed by atoms with Gasteiger partial charge in [0, 0.05) is 16.8 Å². The van der Waals surface area contributed by atoms with E-state index >= 15 is 0 Å². The fourth-order valence-corrected chi connectivity index (χ4v) is 4.40. The first-order valence-corrected chi connectivity index (χ1v) is 11.0. The lowest BCUT2D eigenvalue weighted by molar-refractivity contribution is 0.385. The number of hydrogen-bond donors (Lipinski definition) is 2. The Labute approximate surface area is 203 Å². The number of rotatable bonds is 6. The molecular formula is C13H5N19O2S2. The number of aromatic nitrogens is 17. The number of nitrogens with zero attached hydrogens (tertiary/aromatic N) is 17. The molecule has 36 heavy (non-hydrogen) atoms. The van der Waals surface area contributed by atoms with Crippen LogP contribution in [0.15, 0.2) is 26.9 Å². The Morgan fingerprint density at radius 3 is 2.47 bits per heavy atom. The first kappa shape index (κ1) is 20.0. The molecule has 21 nitrogen and oxygen atoms in total. The summed E-state index contributed by atoms with van der Waals surface area (Å²) in [4.78, 5) is 0. The van der Waals surface area contributed by atoms with Crippen LogP contribution in [0.25, 0.3) is 22.5 Å². The lowest BCUT2D eigenvalue weighted by Gasteiger charge is -2.40. The van der Waals surface area contributed by atoms with E-state index in [1.54, 1.807) is 15.4 Å².